The van der Waals surface area contributed by atoms with Crippen molar-refractivity contribution < 1.29 is 27.9 Å². The molecule has 0 spiro atoms. The van der Waals surface area contributed by atoms with Crippen molar-refractivity contribution in [1.82, 2.24) is 0 Å². The van der Waals surface area contributed by atoms with Crippen LogP contribution in [0.5, 0.6) is 17.2 Å². The second-order valence-corrected chi connectivity index (χ2v) is 7.99. The number of methoxy groups -OCH3 is 1. The van der Waals surface area contributed by atoms with Crippen LogP contribution in [0.4, 0.5) is 0 Å². The SMILES string of the molecule is COc1ccc(COC(=O)CP(=O)(Oc2ccccc2)Oc2ccccc2)cc1. The van der Waals surface area contributed by atoms with Gasteiger partial charge < -0.3 is 18.5 Å². The molecule has 0 bridgehead atoms. The highest BCUT2D eigenvalue weighted by Crippen LogP contribution is 2.48. The van der Waals surface area contributed by atoms with Gasteiger partial charge in [-0.2, -0.15) is 0 Å². The first-order valence-electron chi connectivity index (χ1n) is 8.93. The molecule has 3 rings (SSSR count). The standard InChI is InChI=1S/C22H21O6P/c1-25-19-14-12-18(13-15-19)16-26-22(23)17-29(24,27-20-8-4-2-5-9-20)28-21-10-6-3-7-11-21/h2-15H,16-17H2,1H3. The summed E-state index contributed by atoms with van der Waals surface area (Å²) in [6, 6.07) is 24.2. The molecule has 7 heteroatoms. The number of hydrogen-bond donors (Lipinski definition) is 0. The van der Waals surface area contributed by atoms with Crippen LogP contribution in [0.3, 0.4) is 0 Å². The minimum atomic E-state index is -3.85. The number of benzene rings is 3. The Morgan fingerprint density at radius 1 is 0.759 bits per heavy atom. The van der Waals surface area contributed by atoms with E-state index >= 15 is 0 Å². The zero-order chi connectivity index (χ0) is 20.5. The summed E-state index contributed by atoms with van der Waals surface area (Å²) in [5.41, 5.74) is 0.780. The van der Waals surface area contributed by atoms with Gasteiger partial charge in [0.05, 0.1) is 7.11 Å². The molecule has 0 fully saturated rings. The summed E-state index contributed by atoms with van der Waals surface area (Å²) in [4.78, 5) is 12.4. The van der Waals surface area contributed by atoms with E-state index in [1.54, 1.807) is 92.0 Å². The Morgan fingerprint density at radius 3 is 1.76 bits per heavy atom. The van der Waals surface area contributed by atoms with Crippen molar-refractivity contribution >= 4 is 13.6 Å². The zero-order valence-corrected chi connectivity index (χ0v) is 16.8. The molecule has 0 aliphatic rings. The van der Waals surface area contributed by atoms with E-state index in [9.17, 15) is 9.36 Å². The Bertz CT molecular complexity index is 912. The molecule has 0 radical (unpaired) electrons. The Balaban J connectivity index is 1.67. The fourth-order valence-electron chi connectivity index (χ4n) is 2.46. The van der Waals surface area contributed by atoms with Crippen LogP contribution in [-0.4, -0.2) is 19.2 Å². The molecule has 0 aliphatic carbocycles. The topological polar surface area (TPSA) is 71.1 Å². The molecule has 0 aliphatic heterocycles. The van der Waals surface area contributed by atoms with Crippen LogP contribution in [-0.2, 0) is 20.7 Å². The highest BCUT2D eigenvalue weighted by atomic mass is 31.2. The van der Waals surface area contributed by atoms with E-state index < -0.39 is 19.7 Å². The monoisotopic (exact) mass is 412 g/mol. The highest BCUT2D eigenvalue weighted by Gasteiger charge is 2.33. The maximum atomic E-state index is 13.3. The van der Waals surface area contributed by atoms with Gasteiger partial charge in [0.1, 0.15) is 23.9 Å². The summed E-state index contributed by atoms with van der Waals surface area (Å²) < 4.78 is 34.8. The van der Waals surface area contributed by atoms with E-state index in [-0.39, 0.29) is 6.61 Å². The largest absolute Gasteiger partial charge is 0.497 e. The van der Waals surface area contributed by atoms with Gasteiger partial charge in [0, 0.05) is 0 Å². The van der Waals surface area contributed by atoms with E-state index in [1.165, 1.54) is 0 Å². The van der Waals surface area contributed by atoms with Gasteiger partial charge >= 0.3 is 13.6 Å². The van der Waals surface area contributed by atoms with E-state index in [1.807, 2.05) is 0 Å². The van der Waals surface area contributed by atoms with Crippen molar-refractivity contribution in [2.45, 2.75) is 6.61 Å². The van der Waals surface area contributed by atoms with Gasteiger partial charge in [0.2, 0.25) is 0 Å². The number of carbonyl (C=O) groups is 1. The fourth-order valence-corrected chi connectivity index (χ4v) is 3.92. The molecular weight excluding hydrogens is 391 g/mol. The van der Waals surface area contributed by atoms with E-state index in [4.69, 9.17) is 18.5 Å². The van der Waals surface area contributed by atoms with Gasteiger partial charge in [-0.1, -0.05) is 48.5 Å². The smallest absolute Gasteiger partial charge is 0.441 e. The van der Waals surface area contributed by atoms with E-state index in [0.29, 0.717) is 17.2 Å². The van der Waals surface area contributed by atoms with Crippen LogP contribution in [0.15, 0.2) is 84.9 Å². The first kappa shape index (κ1) is 20.5. The highest BCUT2D eigenvalue weighted by molar-refractivity contribution is 7.55. The molecule has 0 saturated carbocycles. The van der Waals surface area contributed by atoms with Gasteiger partial charge in [0.25, 0.3) is 0 Å². The van der Waals surface area contributed by atoms with Crippen LogP contribution in [0.25, 0.3) is 0 Å². The van der Waals surface area contributed by atoms with Crippen molar-refractivity contribution in [2.75, 3.05) is 13.3 Å². The minimum Gasteiger partial charge on any atom is -0.497 e. The van der Waals surface area contributed by atoms with E-state index in [0.717, 1.165) is 5.56 Å². The molecule has 150 valence electrons. The fraction of sp³-hybridized carbons (Fsp3) is 0.136. The number of ether oxygens (including phenoxy) is 2. The molecule has 3 aromatic carbocycles. The molecule has 0 heterocycles. The molecule has 0 saturated heterocycles. The zero-order valence-electron chi connectivity index (χ0n) is 15.9. The Labute approximate surface area is 169 Å². The molecule has 0 N–H and O–H groups in total. The minimum absolute atomic E-state index is 0.0412. The lowest BCUT2D eigenvalue weighted by Crippen LogP contribution is -2.15. The van der Waals surface area contributed by atoms with Gasteiger partial charge in [-0.25, -0.2) is 4.57 Å². The molecule has 0 aromatic heterocycles. The lowest BCUT2D eigenvalue weighted by molar-refractivity contribution is -0.142. The molecule has 29 heavy (non-hydrogen) atoms. The third kappa shape index (κ3) is 6.40. The molecule has 6 nitrogen and oxygen atoms in total. The van der Waals surface area contributed by atoms with Crippen LogP contribution in [0.2, 0.25) is 0 Å². The average Bonchev–Trinajstić information content (AvgIpc) is 2.74. The number of para-hydroxylation sites is 2. The summed E-state index contributed by atoms with van der Waals surface area (Å²) in [6.07, 6.45) is -0.521. The molecule has 3 aromatic rings. The predicted octanol–water partition coefficient (Wildman–Crippen LogP) is 5.09. The summed E-state index contributed by atoms with van der Waals surface area (Å²) in [5.74, 6) is 0.706. The lowest BCUT2D eigenvalue weighted by atomic mass is 10.2. The van der Waals surface area contributed by atoms with Gasteiger partial charge in [-0.3, -0.25) is 4.79 Å². The third-order valence-electron chi connectivity index (χ3n) is 3.86. The first-order valence-corrected chi connectivity index (χ1v) is 10.7. The second-order valence-electron chi connectivity index (χ2n) is 6.09. The third-order valence-corrected chi connectivity index (χ3v) is 5.48. The van der Waals surface area contributed by atoms with E-state index in [2.05, 4.69) is 0 Å². The molecular formula is C22H21O6P. The maximum absolute atomic E-state index is 13.3. The summed E-state index contributed by atoms with van der Waals surface area (Å²) in [7, 11) is -2.27. The lowest BCUT2D eigenvalue weighted by Gasteiger charge is -2.19. The van der Waals surface area contributed by atoms with Crippen LogP contribution in [0, 0.1) is 0 Å². The van der Waals surface area contributed by atoms with Crippen molar-refractivity contribution in [3.63, 3.8) is 0 Å². The molecule has 0 amide bonds. The summed E-state index contributed by atoms with van der Waals surface area (Å²) in [5, 5.41) is 0. The Hall–Kier alpha value is -3.24. The normalized spacial score (nSPS) is 10.8. The Kier molecular flexibility index (Phi) is 6.93. The van der Waals surface area contributed by atoms with Crippen LogP contribution >= 0.6 is 7.60 Å². The first-order chi connectivity index (χ1) is 14.1. The number of hydrogen-bond acceptors (Lipinski definition) is 6. The second kappa shape index (κ2) is 9.80. The summed E-state index contributed by atoms with van der Waals surface area (Å²) in [6.45, 7) is 0.0412. The molecule has 0 unspecified atom stereocenters. The number of esters is 1. The van der Waals surface area contributed by atoms with Crippen LogP contribution in [0.1, 0.15) is 5.56 Å². The predicted molar refractivity (Wildman–Crippen MR) is 109 cm³/mol. The maximum Gasteiger partial charge on any atom is 0.441 e. The quantitative estimate of drug-likeness (QED) is 0.360. The molecule has 0 atom stereocenters. The van der Waals surface area contributed by atoms with Crippen molar-refractivity contribution in [3.8, 4) is 17.2 Å². The number of carbonyl (C=O) groups excluding carboxylic acids is 1. The van der Waals surface area contributed by atoms with Crippen molar-refractivity contribution in [2.24, 2.45) is 0 Å². The van der Waals surface area contributed by atoms with Gasteiger partial charge in [0.15, 0.2) is 6.16 Å². The van der Waals surface area contributed by atoms with Crippen molar-refractivity contribution in [1.29, 1.82) is 0 Å². The van der Waals surface area contributed by atoms with Gasteiger partial charge in [-0.15, -0.1) is 0 Å². The average molecular weight is 412 g/mol. The van der Waals surface area contributed by atoms with Gasteiger partial charge in [-0.05, 0) is 42.0 Å². The Morgan fingerprint density at radius 2 is 1.28 bits per heavy atom. The number of rotatable bonds is 9. The summed E-state index contributed by atoms with van der Waals surface area (Å²) >= 11 is 0. The van der Waals surface area contributed by atoms with Crippen LogP contribution < -0.4 is 13.8 Å². The van der Waals surface area contributed by atoms with Crippen molar-refractivity contribution in [3.05, 3.63) is 90.5 Å².